The Hall–Kier alpha value is -0.780. The molecule has 0 aliphatic carbocycles. The van der Waals surface area contributed by atoms with Gasteiger partial charge >= 0.3 is 0 Å². The highest BCUT2D eigenvalue weighted by molar-refractivity contribution is 9.10. The predicted octanol–water partition coefficient (Wildman–Crippen LogP) is 3.11. The fraction of sp³-hybridized carbons (Fsp3) is 0.600. The molecule has 0 saturated carbocycles. The van der Waals surface area contributed by atoms with Crippen molar-refractivity contribution in [3.63, 3.8) is 0 Å². The Balaban J connectivity index is 2.79. The monoisotopic (exact) mass is 345 g/mol. The van der Waals surface area contributed by atoms with Gasteiger partial charge in [-0.15, -0.1) is 0 Å². The van der Waals surface area contributed by atoms with Crippen LogP contribution in [-0.2, 0) is 6.54 Å². The Bertz CT molecular complexity index is 399. The molecule has 0 aromatic heterocycles. The van der Waals surface area contributed by atoms with Crippen LogP contribution in [0.3, 0.4) is 0 Å². The van der Waals surface area contributed by atoms with E-state index in [9.17, 15) is 0 Å². The molecule has 4 nitrogen and oxygen atoms in total. The topological polar surface area (TPSA) is 50.7 Å². The van der Waals surface area contributed by atoms with Gasteiger partial charge < -0.3 is 19.9 Å². The SMILES string of the molecule is CCNCc1cc(Br)c(OCCCCO)c(OCC)c1. The highest BCUT2D eigenvalue weighted by atomic mass is 79.9. The molecule has 0 unspecified atom stereocenters. The van der Waals surface area contributed by atoms with Crippen molar-refractivity contribution in [3.8, 4) is 11.5 Å². The Labute approximate surface area is 129 Å². The molecule has 0 bridgehead atoms. The molecular formula is C15H24BrNO3. The minimum Gasteiger partial charge on any atom is -0.490 e. The van der Waals surface area contributed by atoms with Gasteiger partial charge in [-0.1, -0.05) is 6.92 Å². The Morgan fingerprint density at radius 3 is 2.65 bits per heavy atom. The molecule has 5 heteroatoms. The number of aliphatic hydroxyl groups is 1. The average molecular weight is 346 g/mol. The summed E-state index contributed by atoms with van der Waals surface area (Å²) in [5.74, 6) is 1.50. The van der Waals surface area contributed by atoms with Crippen LogP contribution in [0.5, 0.6) is 11.5 Å². The number of ether oxygens (including phenoxy) is 2. The van der Waals surface area contributed by atoms with E-state index in [0.717, 1.165) is 47.5 Å². The van der Waals surface area contributed by atoms with Gasteiger partial charge in [0.2, 0.25) is 0 Å². The van der Waals surface area contributed by atoms with E-state index in [-0.39, 0.29) is 6.61 Å². The smallest absolute Gasteiger partial charge is 0.175 e. The minimum atomic E-state index is 0.199. The van der Waals surface area contributed by atoms with Gasteiger partial charge in [0.15, 0.2) is 11.5 Å². The number of rotatable bonds is 10. The summed E-state index contributed by atoms with van der Waals surface area (Å²) < 4.78 is 12.3. The summed E-state index contributed by atoms with van der Waals surface area (Å²) in [6, 6.07) is 4.06. The van der Waals surface area contributed by atoms with Gasteiger partial charge in [-0.05, 0) is 59.9 Å². The summed E-state index contributed by atoms with van der Waals surface area (Å²) >= 11 is 3.55. The lowest BCUT2D eigenvalue weighted by Crippen LogP contribution is -2.12. The first-order valence-corrected chi connectivity index (χ1v) is 7.91. The van der Waals surface area contributed by atoms with E-state index in [0.29, 0.717) is 13.2 Å². The maximum absolute atomic E-state index is 8.78. The second kappa shape index (κ2) is 10.0. The van der Waals surface area contributed by atoms with Crippen molar-refractivity contribution in [1.29, 1.82) is 0 Å². The quantitative estimate of drug-likeness (QED) is 0.639. The highest BCUT2D eigenvalue weighted by Crippen LogP contribution is 2.37. The van der Waals surface area contributed by atoms with E-state index in [1.54, 1.807) is 0 Å². The van der Waals surface area contributed by atoms with Crippen LogP contribution >= 0.6 is 15.9 Å². The third-order valence-corrected chi connectivity index (χ3v) is 3.34. The van der Waals surface area contributed by atoms with Gasteiger partial charge in [0.05, 0.1) is 17.7 Å². The zero-order chi connectivity index (χ0) is 14.8. The van der Waals surface area contributed by atoms with Gasteiger partial charge in [-0.25, -0.2) is 0 Å². The molecular weight excluding hydrogens is 322 g/mol. The van der Waals surface area contributed by atoms with Crippen LogP contribution < -0.4 is 14.8 Å². The third-order valence-electron chi connectivity index (χ3n) is 2.75. The van der Waals surface area contributed by atoms with Crippen molar-refractivity contribution in [2.45, 2.75) is 33.2 Å². The Kier molecular flexibility index (Phi) is 8.65. The van der Waals surface area contributed by atoms with Crippen LogP contribution in [0.4, 0.5) is 0 Å². The standard InChI is InChI=1S/C15H24BrNO3/c1-3-17-11-12-9-13(16)15(14(10-12)19-4-2)20-8-6-5-7-18/h9-10,17-18H,3-8,11H2,1-2H3. The number of halogens is 1. The third kappa shape index (κ3) is 5.69. The molecule has 0 saturated heterocycles. The number of nitrogens with one attached hydrogen (secondary N) is 1. The fourth-order valence-electron chi connectivity index (χ4n) is 1.78. The molecule has 20 heavy (non-hydrogen) atoms. The largest absolute Gasteiger partial charge is 0.490 e. The zero-order valence-electron chi connectivity index (χ0n) is 12.2. The lowest BCUT2D eigenvalue weighted by atomic mass is 10.2. The summed E-state index contributed by atoms with van der Waals surface area (Å²) in [5, 5.41) is 12.1. The second-order valence-corrected chi connectivity index (χ2v) is 5.25. The molecule has 0 radical (unpaired) electrons. The molecule has 1 aromatic carbocycles. The Morgan fingerprint density at radius 1 is 1.20 bits per heavy atom. The van der Waals surface area contributed by atoms with E-state index in [2.05, 4.69) is 28.2 Å². The molecule has 1 rings (SSSR count). The normalized spacial score (nSPS) is 10.6. The summed E-state index contributed by atoms with van der Waals surface area (Å²) in [6.07, 6.45) is 1.58. The average Bonchev–Trinajstić information content (AvgIpc) is 2.43. The molecule has 0 aliphatic heterocycles. The fourth-order valence-corrected chi connectivity index (χ4v) is 2.39. The van der Waals surface area contributed by atoms with Crippen molar-refractivity contribution >= 4 is 15.9 Å². The van der Waals surface area contributed by atoms with Crippen LogP contribution in [0.15, 0.2) is 16.6 Å². The molecule has 0 fully saturated rings. The first kappa shape index (κ1) is 17.3. The minimum absolute atomic E-state index is 0.199. The van der Waals surface area contributed by atoms with Crippen LogP contribution in [0, 0.1) is 0 Å². The van der Waals surface area contributed by atoms with Gasteiger partial charge in [0.25, 0.3) is 0 Å². The summed E-state index contributed by atoms with van der Waals surface area (Å²) in [6.45, 7) is 7.15. The number of benzene rings is 1. The molecule has 2 N–H and O–H groups in total. The zero-order valence-corrected chi connectivity index (χ0v) is 13.8. The maximum Gasteiger partial charge on any atom is 0.175 e. The highest BCUT2D eigenvalue weighted by Gasteiger charge is 2.12. The van der Waals surface area contributed by atoms with Gasteiger partial charge in [0, 0.05) is 13.2 Å². The maximum atomic E-state index is 8.78. The lowest BCUT2D eigenvalue weighted by Gasteiger charge is -2.15. The second-order valence-electron chi connectivity index (χ2n) is 4.40. The number of unbranched alkanes of at least 4 members (excludes halogenated alkanes) is 1. The molecule has 0 atom stereocenters. The van der Waals surface area contributed by atoms with Crippen molar-refractivity contribution in [2.75, 3.05) is 26.4 Å². The molecule has 1 aromatic rings. The summed E-state index contributed by atoms with van der Waals surface area (Å²) in [7, 11) is 0. The van der Waals surface area contributed by atoms with Crippen molar-refractivity contribution < 1.29 is 14.6 Å². The van der Waals surface area contributed by atoms with Crippen molar-refractivity contribution in [1.82, 2.24) is 5.32 Å². The van der Waals surface area contributed by atoms with Crippen LogP contribution in [-0.4, -0.2) is 31.5 Å². The summed E-state index contributed by atoms with van der Waals surface area (Å²) in [4.78, 5) is 0. The van der Waals surface area contributed by atoms with E-state index in [1.807, 2.05) is 19.1 Å². The molecule has 0 heterocycles. The number of aliphatic hydroxyl groups excluding tert-OH is 1. The van der Waals surface area contributed by atoms with Gasteiger partial charge in [-0.3, -0.25) is 0 Å². The number of hydrogen-bond donors (Lipinski definition) is 2. The Morgan fingerprint density at radius 2 is 2.00 bits per heavy atom. The van der Waals surface area contributed by atoms with Crippen LogP contribution in [0.1, 0.15) is 32.3 Å². The van der Waals surface area contributed by atoms with E-state index in [1.165, 1.54) is 0 Å². The summed E-state index contributed by atoms with van der Waals surface area (Å²) in [5.41, 5.74) is 1.16. The van der Waals surface area contributed by atoms with Crippen LogP contribution in [0.2, 0.25) is 0 Å². The van der Waals surface area contributed by atoms with Crippen molar-refractivity contribution in [3.05, 3.63) is 22.2 Å². The number of hydrogen-bond acceptors (Lipinski definition) is 4. The molecule has 0 aliphatic rings. The van der Waals surface area contributed by atoms with Gasteiger partial charge in [-0.2, -0.15) is 0 Å². The van der Waals surface area contributed by atoms with Crippen molar-refractivity contribution in [2.24, 2.45) is 0 Å². The van der Waals surface area contributed by atoms with E-state index >= 15 is 0 Å². The molecule has 114 valence electrons. The first-order valence-electron chi connectivity index (χ1n) is 7.12. The molecule has 0 spiro atoms. The van der Waals surface area contributed by atoms with Crippen LogP contribution in [0.25, 0.3) is 0 Å². The predicted molar refractivity (Wildman–Crippen MR) is 84.5 cm³/mol. The lowest BCUT2D eigenvalue weighted by molar-refractivity contribution is 0.242. The first-order chi connectivity index (χ1) is 9.72. The van der Waals surface area contributed by atoms with E-state index in [4.69, 9.17) is 14.6 Å². The molecule has 0 amide bonds. The van der Waals surface area contributed by atoms with Gasteiger partial charge in [0.1, 0.15) is 0 Å². The van der Waals surface area contributed by atoms with E-state index < -0.39 is 0 Å².